The van der Waals surface area contributed by atoms with E-state index in [0.29, 0.717) is 19.5 Å². The Morgan fingerprint density at radius 1 is 1.22 bits per heavy atom. The number of anilines is 1. The summed E-state index contributed by atoms with van der Waals surface area (Å²) in [5, 5.41) is 2.94. The third-order valence-electron chi connectivity index (χ3n) is 4.96. The van der Waals surface area contributed by atoms with Crippen LogP contribution in [-0.4, -0.2) is 37.5 Å². The van der Waals surface area contributed by atoms with E-state index in [1.165, 1.54) is 0 Å². The van der Waals surface area contributed by atoms with Crippen molar-refractivity contribution in [2.24, 2.45) is 5.92 Å². The minimum atomic E-state index is -3.13. The summed E-state index contributed by atoms with van der Waals surface area (Å²) < 4.78 is 26.2. The van der Waals surface area contributed by atoms with Gasteiger partial charge in [-0.2, -0.15) is 0 Å². The molecule has 3 rings (SSSR count). The second kappa shape index (κ2) is 6.61. The molecule has 1 saturated heterocycles. The van der Waals surface area contributed by atoms with Crippen LogP contribution in [0.5, 0.6) is 0 Å². The first kappa shape index (κ1) is 16.5. The van der Waals surface area contributed by atoms with Gasteiger partial charge >= 0.3 is 0 Å². The Bertz CT molecular complexity index is 679. The molecular formula is C17H24N2O3S. The van der Waals surface area contributed by atoms with Crippen LogP contribution in [0.3, 0.4) is 0 Å². The summed E-state index contributed by atoms with van der Waals surface area (Å²) >= 11 is 0. The number of para-hydroxylation sites is 1. The lowest BCUT2D eigenvalue weighted by Crippen LogP contribution is -2.41. The Kier molecular flexibility index (Phi) is 4.73. The summed E-state index contributed by atoms with van der Waals surface area (Å²) in [6, 6.07) is 7.81. The topological polar surface area (TPSA) is 66.5 Å². The quantitative estimate of drug-likeness (QED) is 0.898. The number of nitrogens with one attached hydrogen (secondary N) is 1. The average Bonchev–Trinajstić information content (AvgIpc) is 2.89. The number of sulfonamides is 1. The van der Waals surface area contributed by atoms with E-state index in [-0.39, 0.29) is 23.5 Å². The van der Waals surface area contributed by atoms with Crippen molar-refractivity contribution in [1.82, 2.24) is 4.31 Å². The zero-order valence-electron chi connectivity index (χ0n) is 13.5. The van der Waals surface area contributed by atoms with Crippen LogP contribution in [0.1, 0.15) is 44.1 Å². The molecule has 0 aliphatic carbocycles. The molecule has 0 radical (unpaired) electrons. The zero-order chi connectivity index (χ0) is 16.4. The van der Waals surface area contributed by atoms with Crippen molar-refractivity contribution in [2.75, 3.05) is 24.2 Å². The summed E-state index contributed by atoms with van der Waals surface area (Å²) in [5.41, 5.74) is 1.96. The van der Waals surface area contributed by atoms with Gasteiger partial charge < -0.3 is 5.32 Å². The van der Waals surface area contributed by atoms with Crippen LogP contribution in [0.15, 0.2) is 24.3 Å². The molecule has 2 aliphatic rings. The largest absolute Gasteiger partial charge is 0.325 e. The number of piperidine rings is 1. The Morgan fingerprint density at radius 3 is 2.61 bits per heavy atom. The van der Waals surface area contributed by atoms with E-state index in [9.17, 15) is 13.2 Å². The number of amides is 1. The molecular weight excluding hydrogens is 312 g/mol. The molecule has 1 fully saturated rings. The van der Waals surface area contributed by atoms with Gasteiger partial charge in [0.25, 0.3) is 0 Å². The summed E-state index contributed by atoms with van der Waals surface area (Å²) in [7, 11) is -3.13. The van der Waals surface area contributed by atoms with E-state index in [2.05, 4.69) is 5.32 Å². The Hall–Kier alpha value is -1.40. The maximum atomic E-state index is 12.3. The summed E-state index contributed by atoms with van der Waals surface area (Å²) in [4.78, 5) is 12.3. The van der Waals surface area contributed by atoms with Crippen molar-refractivity contribution in [3.63, 3.8) is 0 Å². The molecule has 126 valence electrons. The molecule has 1 aromatic rings. The number of hydrogen-bond acceptors (Lipinski definition) is 3. The first-order valence-corrected chi connectivity index (χ1v) is 10.0. The van der Waals surface area contributed by atoms with Gasteiger partial charge in [-0.1, -0.05) is 31.5 Å². The van der Waals surface area contributed by atoms with Gasteiger partial charge in [0.1, 0.15) is 0 Å². The third kappa shape index (κ3) is 3.28. The summed E-state index contributed by atoms with van der Waals surface area (Å²) in [6.07, 6.45) is 3.09. The second-order valence-electron chi connectivity index (χ2n) is 6.46. The van der Waals surface area contributed by atoms with Crippen LogP contribution < -0.4 is 5.32 Å². The highest BCUT2D eigenvalue weighted by molar-refractivity contribution is 7.89. The lowest BCUT2D eigenvalue weighted by molar-refractivity contribution is -0.118. The van der Waals surface area contributed by atoms with Gasteiger partial charge in [-0.25, -0.2) is 12.7 Å². The number of nitrogens with zero attached hydrogens (tertiary/aromatic N) is 1. The predicted molar refractivity (Wildman–Crippen MR) is 90.8 cm³/mol. The van der Waals surface area contributed by atoms with E-state index in [1.54, 1.807) is 4.31 Å². The summed E-state index contributed by atoms with van der Waals surface area (Å²) in [5.74, 6) is 0.377. The van der Waals surface area contributed by atoms with Crippen molar-refractivity contribution in [3.05, 3.63) is 29.8 Å². The third-order valence-corrected chi connectivity index (χ3v) is 6.91. The Morgan fingerprint density at radius 2 is 1.91 bits per heavy atom. The molecule has 6 heteroatoms. The van der Waals surface area contributed by atoms with Crippen molar-refractivity contribution in [2.45, 2.75) is 38.5 Å². The lowest BCUT2D eigenvalue weighted by atomic mass is 9.81. The van der Waals surface area contributed by atoms with Crippen molar-refractivity contribution >= 4 is 21.6 Å². The summed E-state index contributed by atoms with van der Waals surface area (Å²) in [6.45, 7) is 3.06. The highest BCUT2D eigenvalue weighted by Crippen LogP contribution is 2.41. The van der Waals surface area contributed by atoms with E-state index in [4.69, 9.17) is 0 Å². The van der Waals surface area contributed by atoms with Crippen LogP contribution in [0.2, 0.25) is 0 Å². The number of carbonyl (C=O) groups is 1. The minimum Gasteiger partial charge on any atom is -0.325 e. The molecule has 1 atom stereocenters. The normalized spacial score (nSPS) is 22.8. The SMILES string of the molecule is CCCCS(=O)(=O)N1CCC(C2C(=O)Nc3ccccc32)CC1. The number of hydrogen-bond donors (Lipinski definition) is 1. The lowest BCUT2D eigenvalue weighted by Gasteiger charge is -2.33. The van der Waals surface area contributed by atoms with Crippen molar-refractivity contribution < 1.29 is 13.2 Å². The van der Waals surface area contributed by atoms with Crippen LogP contribution in [0, 0.1) is 5.92 Å². The monoisotopic (exact) mass is 336 g/mol. The van der Waals surface area contributed by atoms with Gasteiger partial charge in [-0.05, 0) is 36.8 Å². The smallest absolute Gasteiger partial charge is 0.232 e. The first-order chi connectivity index (χ1) is 11.0. The van der Waals surface area contributed by atoms with Gasteiger partial charge in [0.15, 0.2) is 0 Å². The highest BCUT2D eigenvalue weighted by atomic mass is 32.2. The second-order valence-corrected chi connectivity index (χ2v) is 8.55. The molecule has 1 unspecified atom stereocenters. The number of rotatable bonds is 5. The van der Waals surface area contributed by atoms with E-state index in [1.807, 2.05) is 31.2 Å². The van der Waals surface area contributed by atoms with Crippen molar-refractivity contribution in [3.8, 4) is 0 Å². The minimum absolute atomic E-state index is 0.0542. The van der Waals surface area contributed by atoms with Crippen LogP contribution in [0.4, 0.5) is 5.69 Å². The molecule has 2 aliphatic heterocycles. The maximum absolute atomic E-state index is 12.3. The number of benzene rings is 1. The fourth-order valence-corrected chi connectivity index (χ4v) is 5.32. The van der Waals surface area contributed by atoms with Gasteiger partial charge in [0, 0.05) is 18.8 Å². The fraction of sp³-hybridized carbons (Fsp3) is 0.588. The van der Waals surface area contributed by atoms with E-state index < -0.39 is 10.0 Å². The van der Waals surface area contributed by atoms with Crippen LogP contribution in [0.25, 0.3) is 0 Å². The van der Waals surface area contributed by atoms with Gasteiger partial charge in [0.2, 0.25) is 15.9 Å². The Labute approximate surface area is 138 Å². The fourth-order valence-electron chi connectivity index (χ4n) is 3.64. The van der Waals surface area contributed by atoms with E-state index in [0.717, 1.165) is 30.5 Å². The standard InChI is InChI=1S/C17H24N2O3S/c1-2-3-12-23(21,22)19-10-8-13(9-11-19)16-14-6-4-5-7-15(14)18-17(16)20/h4-7,13,16H,2-3,8-12H2,1H3,(H,18,20). The van der Waals surface area contributed by atoms with Crippen LogP contribution in [-0.2, 0) is 14.8 Å². The molecule has 1 N–H and O–H groups in total. The van der Waals surface area contributed by atoms with Gasteiger partial charge in [-0.15, -0.1) is 0 Å². The van der Waals surface area contributed by atoms with Crippen LogP contribution >= 0.6 is 0 Å². The molecule has 1 aromatic carbocycles. The molecule has 5 nitrogen and oxygen atoms in total. The van der Waals surface area contributed by atoms with Crippen molar-refractivity contribution in [1.29, 1.82) is 0 Å². The molecule has 23 heavy (non-hydrogen) atoms. The maximum Gasteiger partial charge on any atom is 0.232 e. The Balaban J connectivity index is 1.67. The zero-order valence-corrected chi connectivity index (χ0v) is 14.3. The molecule has 0 saturated carbocycles. The average molecular weight is 336 g/mol. The highest BCUT2D eigenvalue weighted by Gasteiger charge is 2.39. The van der Waals surface area contributed by atoms with E-state index >= 15 is 0 Å². The first-order valence-electron chi connectivity index (χ1n) is 8.40. The predicted octanol–water partition coefficient (Wildman–Crippen LogP) is 2.56. The number of carbonyl (C=O) groups excluding carboxylic acids is 1. The molecule has 0 spiro atoms. The number of unbranched alkanes of at least 4 members (excludes halogenated alkanes) is 1. The van der Waals surface area contributed by atoms with Gasteiger partial charge in [-0.3, -0.25) is 4.79 Å². The van der Waals surface area contributed by atoms with Gasteiger partial charge in [0.05, 0.1) is 11.7 Å². The molecule has 1 amide bonds. The number of fused-ring (bicyclic) bond motifs is 1. The molecule has 2 heterocycles. The molecule has 0 aromatic heterocycles. The molecule has 0 bridgehead atoms.